The fourth-order valence-electron chi connectivity index (χ4n) is 4.95. The third-order valence-corrected chi connectivity index (χ3v) is 6.98. The molecule has 3 aliphatic rings. The summed E-state index contributed by atoms with van der Waals surface area (Å²) in [6.07, 6.45) is -3.58. The van der Waals surface area contributed by atoms with E-state index in [9.17, 15) is 27.6 Å². The van der Waals surface area contributed by atoms with Crippen LogP contribution < -0.4 is 0 Å². The summed E-state index contributed by atoms with van der Waals surface area (Å²) >= 11 is 0. The minimum absolute atomic E-state index is 0.0482. The van der Waals surface area contributed by atoms with E-state index in [4.69, 9.17) is 4.74 Å². The van der Waals surface area contributed by atoms with Gasteiger partial charge < -0.3 is 14.5 Å². The molecule has 3 amide bonds. The first-order valence-corrected chi connectivity index (χ1v) is 11.2. The van der Waals surface area contributed by atoms with E-state index in [-0.39, 0.29) is 31.6 Å². The van der Waals surface area contributed by atoms with Gasteiger partial charge in [-0.1, -0.05) is 30.3 Å². The van der Waals surface area contributed by atoms with Gasteiger partial charge in [-0.3, -0.25) is 14.5 Å². The summed E-state index contributed by atoms with van der Waals surface area (Å²) in [5, 5.41) is 0. The predicted octanol–water partition coefficient (Wildman–Crippen LogP) is 3.33. The Balaban J connectivity index is 1.45. The molecule has 1 spiro atoms. The monoisotopic (exact) mass is 467 g/mol. The van der Waals surface area contributed by atoms with E-state index < -0.39 is 35.8 Å². The lowest BCUT2D eigenvalue weighted by molar-refractivity contribution is -0.193. The van der Waals surface area contributed by atoms with E-state index in [1.807, 2.05) is 37.3 Å². The standard InChI is InChI=1S/C23H28F3N3O4/c1-15-8-9-18(29(15)21(32)33-13-17-6-4-3-5-7-17)19(30)27-14-22(10-11-22)28(12-16(27)2)20(31)23(24,25)26/h3-7,15-16,18H,8-14H2,1-2H3/t15-,16+,18+/m1/s1. The van der Waals surface area contributed by atoms with Crippen LogP contribution in [-0.4, -0.2) is 75.5 Å². The number of alkyl halides is 3. The quantitative estimate of drug-likeness (QED) is 0.684. The molecule has 2 heterocycles. The molecule has 10 heteroatoms. The summed E-state index contributed by atoms with van der Waals surface area (Å²) in [7, 11) is 0. The third kappa shape index (κ3) is 4.52. The molecule has 1 saturated carbocycles. The maximum absolute atomic E-state index is 13.5. The molecule has 180 valence electrons. The first-order chi connectivity index (χ1) is 15.5. The summed E-state index contributed by atoms with van der Waals surface area (Å²) < 4.78 is 44.7. The molecular formula is C23H28F3N3O4. The SMILES string of the molecule is C[C@@H]1CC[C@@H](C(=O)N2CC3(CC3)N(C(=O)C(F)(F)F)C[C@@H]2C)N1C(=O)OCc1ccccc1. The van der Waals surface area contributed by atoms with Gasteiger partial charge in [0.15, 0.2) is 0 Å². The second-order valence-electron chi connectivity index (χ2n) is 9.34. The molecule has 4 rings (SSSR count). The van der Waals surface area contributed by atoms with Gasteiger partial charge in [-0.05, 0) is 45.1 Å². The van der Waals surface area contributed by atoms with E-state index in [1.54, 1.807) is 11.8 Å². The second-order valence-corrected chi connectivity index (χ2v) is 9.34. The number of rotatable bonds is 3. The summed E-state index contributed by atoms with van der Waals surface area (Å²) in [6.45, 7) is 3.45. The third-order valence-electron chi connectivity index (χ3n) is 6.98. The van der Waals surface area contributed by atoms with Gasteiger partial charge in [-0.15, -0.1) is 0 Å². The van der Waals surface area contributed by atoms with Gasteiger partial charge in [0, 0.05) is 25.2 Å². The number of halogens is 3. The highest BCUT2D eigenvalue weighted by Crippen LogP contribution is 2.47. The summed E-state index contributed by atoms with van der Waals surface area (Å²) in [6, 6.07) is 7.69. The first kappa shape index (κ1) is 23.4. The number of benzene rings is 1. The van der Waals surface area contributed by atoms with Crippen LogP contribution in [0, 0.1) is 0 Å². The molecule has 0 aromatic heterocycles. The number of likely N-dealkylation sites (tertiary alicyclic amines) is 1. The number of nitrogens with zero attached hydrogens (tertiary/aromatic N) is 3. The molecule has 7 nitrogen and oxygen atoms in total. The Hall–Kier alpha value is -2.78. The van der Waals surface area contributed by atoms with Crippen molar-refractivity contribution in [2.45, 2.75) is 76.0 Å². The molecule has 3 fully saturated rings. The molecule has 3 atom stereocenters. The largest absolute Gasteiger partial charge is 0.471 e. The zero-order valence-electron chi connectivity index (χ0n) is 18.7. The van der Waals surface area contributed by atoms with Crippen LogP contribution in [0.3, 0.4) is 0 Å². The van der Waals surface area contributed by atoms with Crippen LogP contribution in [0.15, 0.2) is 30.3 Å². The minimum Gasteiger partial charge on any atom is -0.445 e. The van der Waals surface area contributed by atoms with E-state index in [0.29, 0.717) is 25.7 Å². The van der Waals surface area contributed by atoms with Crippen LogP contribution in [0.5, 0.6) is 0 Å². The topological polar surface area (TPSA) is 70.2 Å². The number of carbonyl (C=O) groups is 3. The van der Waals surface area contributed by atoms with Crippen LogP contribution in [0.4, 0.5) is 18.0 Å². The highest BCUT2D eigenvalue weighted by molar-refractivity contribution is 5.88. The van der Waals surface area contributed by atoms with Crippen LogP contribution in [0.25, 0.3) is 0 Å². The Bertz CT molecular complexity index is 919. The molecule has 1 aliphatic carbocycles. The summed E-state index contributed by atoms with van der Waals surface area (Å²) in [4.78, 5) is 42.2. The van der Waals surface area contributed by atoms with E-state index >= 15 is 0 Å². The molecule has 2 aliphatic heterocycles. The second kappa shape index (κ2) is 8.53. The first-order valence-electron chi connectivity index (χ1n) is 11.2. The average molecular weight is 467 g/mol. The van der Waals surface area contributed by atoms with Gasteiger partial charge >= 0.3 is 18.2 Å². The van der Waals surface area contributed by atoms with Gasteiger partial charge in [0.2, 0.25) is 5.91 Å². The van der Waals surface area contributed by atoms with Gasteiger partial charge in [-0.25, -0.2) is 4.79 Å². The molecule has 0 radical (unpaired) electrons. The lowest BCUT2D eigenvalue weighted by Crippen LogP contribution is -2.65. The zero-order valence-corrected chi connectivity index (χ0v) is 18.7. The van der Waals surface area contributed by atoms with Crippen molar-refractivity contribution in [1.82, 2.24) is 14.7 Å². The van der Waals surface area contributed by atoms with Crippen molar-refractivity contribution in [2.75, 3.05) is 13.1 Å². The van der Waals surface area contributed by atoms with E-state index in [1.165, 1.54) is 4.90 Å². The lowest BCUT2D eigenvalue weighted by atomic mass is 10.0. The Labute approximate surface area is 190 Å². The zero-order chi connectivity index (χ0) is 24.0. The predicted molar refractivity (Wildman–Crippen MR) is 112 cm³/mol. The molecular weight excluding hydrogens is 439 g/mol. The maximum atomic E-state index is 13.5. The summed E-state index contributed by atoms with van der Waals surface area (Å²) in [5.74, 6) is -2.14. The van der Waals surface area contributed by atoms with Gasteiger partial charge in [0.1, 0.15) is 12.6 Å². The number of hydrogen-bond donors (Lipinski definition) is 0. The van der Waals surface area contributed by atoms with Crippen molar-refractivity contribution in [1.29, 1.82) is 0 Å². The molecule has 0 bridgehead atoms. The van der Waals surface area contributed by atoms with Crippen molar-refractivity contribution in [2.24, 2.45) is 0 Å². The smallest absolute Gasteiger partial charge is 0.445 e. The number of amides is 3. The summed E-state index contributed by atoms with van der Waals surface area (Å²) in [5.41, 5.74) is -0.132. The van der Waals surface area contributed by atoms with Crippen molar-refractivity contribution >= 4 is 17.9 Å². The minimum atomic E-state index is -4.94. The normalized spacial score (nSPS) is 26.5. The molecule has 0 unspecified atom stereocenters. The Morgan fingerprint density at radius 2 is 1.73 bits per heavy atom. The van der Waals surface area contributed by atoms with Gasteiger partial charge in [0.05, 0.1) is 5.54 Å². The van der Waals surface area contributed by atoms with Gasteiger partial charge in [0.25, 0.3) is 0 Å². The van der Waals surface area contributed by atoms with Crippen LogP contribution in [0.2, 0.25) is 0 Å². The molecule has 2 saturated heterocycles. The number of carbonyl (C=O) groups excluding carboxylic acids is 3. The van der Waals surface area contributed by atoms with Crippen LogP contribution in [0.1, 0.15) is 45.1 Å². The highest BCUT2D eigenvalue weighted by atomic mass is 19.4. The molecule has 1 aromatic rings. The number of hydrogen-bond acceptors (Lipinski definition) is 4. The lowest BCUT2D eigenvalue weighted by Gasteiger charge is -2.47. The van der Waals surface area contributed by atoms with Crippen LogP contribution in [-0.2, 0) is 20.9 Å². The number of ether oxygens (including phenoxy) is 1. The van der Waals surface area contributed by atoms with E-state index in [0.717, 1.165) is 10.5 Å². The fraction of sp³-hybridized carbons (Fsp3) is 0.609. The molecule has 0 N–H and O–H groups in total. The highest BCUT2D eigenvalue weighted by Gasteiger charge is 2.60. The Morgan fingerprint density at radius 1 is 1.06 bits per heavy atom. The molecule has 1 aromatic carbocycles. The Kier molecular flexibility index (Phi) is 6.05. The number of piperazine rings is 1. The van der Waals surface area contributed by atoms with Gasteiger partial charge in [-0.2, -0.15) is 13.2 Å². The maximum Gasteiger partial charge on any atom is 0.471 e. The fourth-order valence-corrected chi connectivity index (χ4v) is 4.95. The Morgan fingerprint density at radius 3 is 2.33 bits per heavy atom. The van der Waals surface area contributed by atoms with E-state index in [2.05, 4.69) is 0 Å². The van der Waals surface area contributed by atoms with Crippen molar-refractivity contribution in [3.05, 3.63) is 35.9 Å². The molecule has 33 heavy (non-hydrogen) atoms. The average Bonchev–Trinajstić information content (AvgIpc) is 3.44. The van der Waals surface area contributed by atoms with Crippen LogP contribution >= 0.6 is 0 Å². The van der Waals surface area contributed by atoms with Crippen molar-refractivity contribution in [3.63, 3.8) is 0 Å². The van der Waals surface area contributed by atoms with Crippen molar-refractivity contribution < 1.29 is 32.3 Å². The van der Waals surface area contributed by atoms with Crippen molar-refractivity contribution in [3.8, 4) is 0 Å².